The van der Waals surface area contributed by atoms with Gasteiger partial charge in [0.15, 0.2) is 5.16 Å². The molecule has 9 heteroatoms. The summed E-state index contributed by atoms with van der Waals surface area (Å²) in [6.07, 6.45) is 8.07. The summed E-state index contributed by atoms with van der Waals surface area (Å²) in [5.41, 5.74) is 0.748. The number of aromatic nitrogens is 5. The van der Waals surface area contributed by atoms with Crippen LogP contribution < -0.4 is 9.47 Å². The molecule has 1 aromatic carbocycles. The molecule has 4 rings (SSSR count). The van der Waals surface area contributed by atoms with E-state index in [1.54, 1.807) is 32.0 Å². The van der Waals surface area contributed by atoms with Crippen molar-refractivity contribution in [1.29, 1.82) is 0 Å². The van der Waals surface area contributed by atoms with Gasteiger partial charge in [-0.3, -0.25) is 0 Å². The van der Waals surface area contributed by atoms with Crippen molar-refractivity contribution in [2.24, 2.45) is 0 Å². The van der Waals surface area contributed by atoms with Crippen LogP contribution in [0.3, 0.4) is 0 Å². The van der Waals surface area contributed by atoms with E-state index in [0.29, 0.717) is 41.4 Å². The molecule has 1 aliphatic rings. The molecule has 8 nitrogen and oxygen atoms in total. The van der Waals surface area contributed by atoms with E-state index < -0.39 is 0 Å². The SMILES string of the molecule is C=CCn1c(SCc2nc(-c3ccc(OC)cc3OC)no2)nnc1C1CCCCC1. The second kappa shape index (κ2) is 10.00. The molecule has 0 atom stereocenters. The quantitative estimate of drug-likeness (QED) is 0.343. The molecule has 0 N–H and O–H groups in total. The fourth-order valence-electron chi connectivity index (χ4n) is 3.90. The van der Waals surface area contributed by atoms with Crippen LogP contribution in [0.2, 0.25) is 0 Å². The second-order valence-corrected chi connectivity index (χ2v) is 8.38. The number of rotatable bonds is 9. The molecular weight excluding hydrogens is 414 g/mol. The summed E-state index contributed by atoms with van der Waals surface area (Å²) < 4.78 is 18.3. The first-order chi connectivity index (χ1) is 15.2. The molecule has 0 aliphatic heterocycles. The summed E-state index contributed by atoms with van der Waals surface area (Å²) in [4.78, 5) is 4.53. The molecule has 0 saturated heterocycles. The van der Waals surface area contributed by atoms with Crippen molar-refractivity contribution in [3.05, 3.63) is 42.6 Å². The molecule has 0 radical (unpaired) electrons. The largest absolute Gasteiger partial charge is 0.497 e. The van der Waals surface area contributed by atoms with E-state index in [1.807, 2.05) is 18.2 Å². The van der Waals surface area contributed by atoms with Crippen LogP contribution in [0.4, 0.5) is 0 Å². The maximum atomic E-state index is 5.47. The van der Waals surface area contributed by atoms with E-state index in [-0.39, 0.29) is 0 Å². The van der Waals surface area contributed by atoms with E-state index in [2.05, 4.69) is 31.5 Å². The molecule has 1 saturated carbocycles. The van der Waals surface area contributed by atoms with Gasteiger partial charge in [-0.05, 0) is 25.0 Å². The van der Waals surface area contributed by atoms with Crippen molar-refractivity contribution in [3.8, 4) is 22.9 Å². The smallest absolute Gasteiger partial charge is 0.237 e. The van der Waals surface area contributed by atoms with E-state index in [9.17, 15) is 0 Å². The molecule has 164 valence electrons. The highest BCUT2D eigenvalue weighted by Gasteiger charge is 2.23. The monoisotopic (exact) mass is 441 g/mol. The summed E-state index contributed by atoms with van der Waals surface area (Å²) in [6, 6.07) is 5.49. The normalized spacial score (nSPS) is 14.5. The molecular formula is C22H27N5O3S. The van der Waals surface area contributed by atoms with Gasteiger partial charge in [-0.1, -0.05) is 42.3 Å². The van der Waals surface area contributed by atoms with Crippen molar-refractivity contribution < 1.29 is 14.0 Å². The molecule has 1 aliphatic carbocycles. The zero-order chi connectivity index (χ0) is 21.6. The van der Waals surface area contributed by atoms with Gasteiger partial charge in [-0.25, -0.2) is 0 Å². The molecule has 0 amide bonds. The number of thioether (sulfide) groups is 1. The summed E-state index contributed by atoms with van der Waals surface area (Å²) in [6.45, 7) is 4.59. The Morgan fingerprint density at radius 2 is 2.03 bits per heavy atom. The third-order valence-electron chi connectivity index (χ3n) is 5.47. The number of allylic oxidation sites excluding steroid dienone is 1. The van der Waals surface area contributed by atoms with Gasteiger partial charge in [0.25, 0.3) is 0 Å². The minimum Gasteiger partial charge on any atom is -0.497 e. The molecule has 0 bridgehead atoms. The van der Waals surface area contributed by atoms with Crippen LogP contribution in [0.5, 0.6) is 11.5 Å². The molecule has 1 fully saturated rings. The molecule has 0 unspecified atom stereocenters. The standard InChI is InChI=1S/C22H27N5O3S/c1-4-12-27-21(15-8-6-5-7-9-15)24-25-22(27)31-14-19-23-20(26-30-19)17-11-10-16(28-2)13-18(17)29-3/h4,10-11,13,15H,1,5-9,12,14H2,2-3H3. The fraction of sp³-hybridized carbons (Fsp3) is 0.455. The van der Waals surface area contributed by atoms with Crippen molar-refractivity contribution in [2.75, 3.05) is 14.2 Å². The van der Waals surface area contributed by atoms with Gasteiger partial charge in [0.1, 0.15) is 17.3 Å². The number of nitrogens with zero attached hydrogens (tertiary/aromatic N) is 5. The number of hydrogen-bond donors (Lipinski definition) is 0. The van der Waals surface area contributed by atoms with Crippen LogP contribution in [-0.2, 0) is 12.3 Å². The first kappa shape index (κ1) is 21.4. The highest BCUT2D eigenvalue weighted by Crippen LogP contribution is 2.35. The minimum absolute atomic E-state index is 0.477. The van der Waals surface area contributed by atoms with E-state index in [1.165, 1.54) is 32.1 Å². The lowest BCUT2D eigenvalue weighted by Gasteiger charge is -2.21. The van der Waals surface area contributed by atoms with Crippen LogP contribution in [0.25, 0.3) is 11.4 Å². The van der Waals surface area contributed by atoms with E-state index in [4.69, 9.17) is 14.0 Å². The van der Waals surface area contributed by atoms with Crippen LogP contribution in [0, 0.1) is 0 Å². The average molecular weight is 442 g/mol. The summed E-state index contributed by atoms with van der Waals surface area (Å²) >= 11 is 1.54. The lowest BCUT2D eigenvalue weighted by Crippen LogP contribution is -2.12. The highest BCUT2D eigenvalue weighted by atomic mass is 32.2. The first-order valence-corrected chi connectivity index (χ1v) is 11.4. The Morgan fingerprint density at radius 3 is 2.77 bits per heavy atom. The summed E-state index contributed by atoms with van der Waals surface area (Å²) in [5.74, 6) is 4.38. The van der Waals surface area contributed by atoms with Crippen LogP contribution >= 0.6 is 11.8 Å². The van der Waals surface area contributed by atoms with Gasteiger partial charge in [0, 0.05) is 18.5 Å². The van der Waals surface area contributed by atoms with Gasteiger partial charge in [0.05, 0.1) is 25.5 Å². The Labute approximate surface area is 186 Å². The Balaban J connectivity index is 1.49. The van der Waals surface area contributed by atoms with Crippen LogP contribution in [0.15, 0.2) is 40.5 Å². The zero-order valence-corrected chi connectivity index (χ0v) is 18.7. The Morgan fingerprint density at radius 1 is 1.19 bits per heavy atom. The average Bonchev–Trinajstić information content (AvgIpc) is 3.45. The number of benzene rings is 1. The third-order valence-corrected chi connectivity index (χ3v) is 6.42. The van der Waals surface area contributed by atoms with Crippen molar-refractivity contribution in [3.63, 3.8) is 0 Å². The van der Waals surface area contributed by atoms with Crippen molar-refractivity contribution >= 4 is 11.8 Å². The Hall–Kier alpha value is -2.81. The molecule has 31 heavy (non-hydrogen) atoms. The van der Waals surface area contributed by atoms with Gasteiger partial charge < -0.3 is 18.6 Å². The van der Waals surface area contributed by atoms with E-state index >= 15 is 0 Å². The summed E-state index contributed by atoms with van der Waals surface area (Å²) in [5, 5.41) is 13.9. The van der Waals surface area contributed by atoms with Crippen LogP contribution in [-0.4, -0.2) is 39.1 Å². The lowest BCUT2D eigenvalue weighted by atomic mass is 9.89. The second-order valence-electron chi connectivity index (χ2n) is 7.44. The molecule has 2 heterocycles. The fourth-order valence-corrected chi connectivity index (χ4v) is 4.70. The lowest BCUT2D eigenvalue weighted by molar-refractivity contribution is 0.388. The Kier molecular flexibility index (Phi) is 6.91. The third kappa shape index (κ3) is 4.76. The zero-order valence-electron chi connectivity index (χ0n) is 17.9. The van der Waals surface area contributed by atoms with Gasteiger partial charge in [0.2, 0.25) is 11.7 Å². The summed E-state index contributed by atoms with van der Waals surface area (Å²) in [7, 11) is 3.22. The topological polar surface area (TPSA) is 88.1 Å². The predicted octanol–water partition coefficient (Wildman–Crippen LogP) is 4.87. The van der Waals surface area contributed by atoms with Crippen molar-refractivity contribution in [1.82, 2.24) is 24.9 Å². The van der Waals surface area contributed by atoms with Crippen molar-refractivity contribution in [2.45, 2.75) is 55.5 Å². The number of ether oxygens (including phenoxy) is 2. The molecule has 3 aromatic rings. The van der Waals surface area contributed by atoms with Gasteiger partial charge >= 0.3 is 0 Å². The van der Waals surface area contributed by atoms with Gasteiger partial charge in [-0.2, -0.15) is 4.98 Å². The van der Waals surface area contributed by atoms with Crippen LogP contribution in [0.1, 0.15) is 49.7 Å². The first-order valence-electron chi connectivity index (χ1n) is 10.4. The molecule has 2 aromatic heterocycles. The van der Waals surface area contributed by atoms with E-state index in [0.717, 1.165) is 16.5 Å². The predicted molar refractivity (Wildman–Crippen MR) is 118 cm³/mol. The maximum absolute atomic E-state index is 5.47. The number of hydrogen-bond acceptors (Lipinski definition) is 8. The highest BCUT2D eigenvalue weighted by molar-refractivity contribution is 7.98. The Bertz CT molecular complexity index is 1030. The maximum Gasteiger partial charge on any atom is 0.237 e. The molecule has 0 spiro atoms. The minimum atomic E-state index is 0.477. The van der Waals surface area contributed by atoms with Gasteiger partial charge in [-0.15, -0.1) is 16.8 Å². The number of methoxy groups -OCH3 is 2.